The maximum atomic E-state index is 15.4. The van der Waals surface area contributed by atoms with Crippen molar-refractivity contribution in [1.82, 2.24) is 0 Å². The third-order valence-corrected chi connectivity index (χ3v) is 18.9. The third-order valence-electron chi connectivity index (χ3n) is 18.9. The van der Waals surface area contributed by atoms with Crippen molar-refractivity contribution in [3.8, 4) is 0 Å². The van der Waals surface area contributed by atoms with E-state index < -0.39 is 144 Å². The summed E-state index contributed by atoms with van der Waals surface area (Å²) in [6.45, 7) is 5.03. The molecule has 0 unspecified atom stereocenters. The van der Waals surface area contributed by atoms with Gasteiger partial charge in [-0.05, 0) is 31.4 Å². The largest absolute Gasteiger partial charge is 0.287 e. The maximum absolute atomic E-state index is 15.4. The molecule has 0 atom stereocenters. The fourth-order valence-electron chi connectivity index (χ4n) is 13.6. The highest BCUT2D eigenvalue weighted by atomic mass is 19.2. The number of para-hydroxylation sites is 1. The molecule has 0 spiro atoms. The van der Waals surface area contributed by atoms with Gasteiger partial charge in [0.25, 0.3) is 0 Å². The summed E-state index contributed by atoms with van der Waals surface area (Å²) < 4.78 is 296. The zero-order valence-corrected chi connectivity index (χ0v) is 56.5. The third kappa shape index (κ3) is 20.0. The van der Waals surface area contributed by atoms with E-state index >= 15 is 35.1 Å². The molecule has 1 heterocycles. The molecule has 0 amide bonds. The fraction of sp³-hybridized carbons (Fsp3) is 0.481. The first-order valence-corrected chi connectivity index (χ1v) is 35.2. The van der Waals surface area contributed by atoms with E-state index in [9.17, 15) is 57.5 Å². The standard InChI is InChI=1S/C53H86NO.C24BF20/c1-3-5-7-9-11-13-15-17-19-21-23-25-27-29-31-34-42-49-46-50-43-38-39-45-52(50)54(47-53(55)48-40-35-33-36-41-48)51(49)44-37-32-30-28-26-24-22-20-18-16-14-12-10-8-6-4-2;26-5-1(6(27)14(35)21(42)13(5)34)25(2-7(28)15(36)22(43)16(37)8(2)29,3-9(30)17(38)23(44)18(39)10(3)31)4-11(32)19(40)24(45)20(41)12(4)33/h33,35-36,38-41,43,45-46H,3-32,34,37,42,44,47H2,1-2H3;/q+1;-1. The molecule has 23 heteroatoms. The Morgan fingerprint density at radius 2 is 0.530 bits per heavy atom. The molecule has 0 radical (unpaired) electrons. The molecule has 0 aliphatic rings. The first-order valence-electron chi connectivity index (χ1n) is 35.2. The molecule has 0 aliphatic carbocycles. The van der Waals surface area contributed by atoms with Crippen LogP contribution in [0, 0.1) is 116 Å². The SMILES string of the molecule is CCCCCCCCCCCCCCCCCCc1cc2ccccc2[n+](CC(=O)c2ccccc2)c1CCCCCCCCCCCCCCCCCC.Fc1c(F)c(F)c([B-](c2c(F)c(F)c(F)c(F)c2F)(c2c(F)c(F)c(F)c(F)c2F)c2c(F)c(F)c(F)c(F)c2F)c(F)c1F. The average Bonchev–Trinajstić information content (AvgIpc) is 0.682. The van der Waals surface area contributed by atoms with Gasteiger partial charge in [-0.25, -0.2) is 87.8 Å². The van der Waals surface area contributed by atoms with Gasteiger partial charge in [0.05, 0.1) is 0 Å². The molecule has 7 aromatic rings. The van der Waals surface area contributed by atoms with Crippen LogP contribution >= 0.6 is 0 Å². The summed E-state index contributed by atoms with van der Waals surface area (Å²) in [4.78, 5) is 13.6. The van der Waals surface area contributed by atoms with E-state index in [1.807, 2.05) is 30.3 Å². The number of rotatable bonds is 41. The van der Waals surface area contributed by atoms with Gasteiger partial charge in [0.1, 0.15) is 52.7 Å². The Labute approximate surface area is 572 Å². The number of pyridine rings is 1. The molecular weight excluding hydrogens is 1350 g/mol. The molecule has 7 rings (SSSR count). The van der Waals surface area contributed by atoms with Gasteiger partial charge in [0, 0.05) is 29.0 Å². The second kappa shape index (κ2) is 40.6. The highest BCUT2D eigenvalue weighted by Crippen LogP contribution is 2.32. The molecule has 0 bridgehead atoms. The molecule has 100 heavy (non-hydrogen) atoms. The molecule has 0 saturated carbocycles. The second-order valence-electron chi connectivity index (χ2n) is 26.0. The lowest BCUT2D eigenvalue weighted by molar-refractivity contribution is -0.665. The number of aryl methyl sites for hydroxylation is 1. The maximum Gasteiger partial charge on any atom is 0.227 e. The highest BCUT2D eigenvalue weighted by molar-refractivity contribution is 7.20. The second-order valence-corrected chi connectivity index (χ2v) is 26.0. The van der Waals surface area contributed by atoms with Gasteiger partial charge in [-0.3, -0.25) is 4.79 Å². The summed E-state index contributed by atoms with van der Waals surface area (Å²) in [6.07, 6.45) is 39.7. The van der Waals surface area contributed by atoms with Gasteiger partial charge in [0.2, 0.25) is 17.8 Å². The molecule has 0 N–H and O–H groups in total. The lowest BCUT2D eigenvalue weighted by Crippen LogP contribution is -2.81. The Hall–Kier alpha value is -6.94. The van der Waals surface area contributed by atoms with Crippen LogP contribution in [0.3, 0.4) is 0 Å². The monoisotopic (exact) mass is 1430 g/mol. The number of carbonyl (C=O) groups is 1. The minimum absolute atomic E-state index is 0.212. The zero-order chi connectivity index (χ0) is 73.2. The Balaban J connectivity index is 0.000000321. The summed E-state index contributed by atoms with van der Waals surface area (Å²) >= 11 is 0. The van der Waals surface area contributed by atoms with Crippen molar-refractivity contribution in [3.05, 3.63) is 194 Å². The smallest absolute Gasteiger partial charge is 0.227 e. The summed E-state index contributed by atoms with van der Waals surface area (Å²) in [5.41, 5.74) is -9.42. The minimum atomic E-state index is -7.22. The number of carbonyl (C=O) groups excluding carboxylic acids is 1. The van der Waals surface area contributed by atoms with Crippen molar-refractivity contribution in [2.75, 3.05) is 0 Å². The Morgan fingerprint density at radius 3 is 0.820 bits per heavy atom. The summed E-state index contributed by atoms with van der Waals surface area (Å²) in [5, 5.41) is 1.27. The van der Waals surface area contributed by atoms with Crippen LogP contribution in [0.2, 0.25) is 0 Å². The fourth-order valence-corrected chi connectivity index (χ4v) is 13.6. The van der Waals surface area contributed by atoms with Crippen LogP contribution in [0.4, 0.5) is 87.8 Å². The van der Waals surface area contributed by atoms with Gasteiger partial charge >= 0.3 is 0 Å². The van der Waals surface area contributed by atoms with Crippen molar-refractivity contribution in [2.24, 2.45) is 0 Å². The van der Waals surface area contributed by atoms with Crippen molar-refractivity contribution >= 4 is 44.7 Å². The van der Waals surface area contributed by atoms with Crippen molar-refractivity contribution in [1.29, 1.82) is 0 Å². The quantitative estimate of drug-likeness (QED) is 0.00712. The van der Waals surface area contributed by atoms with Crippen LogP contribution in [0.25, 0.3) is 10.9 Å². The molecule has 0 fully saturated rings. The Bertz CT molecular complexity index is 3430. The number of benzene rings is 6. The van der Waals surface area contributed by atoms with E-state index in [0.29, 0.717) is 6.54 Å². The Kier molecular flexibility index (Phi) is 33.3. The lowest BCUT2D eigenvalue weighted by atomic mass is 9.12. The first-order chi connectivity index (χ1) is 47.9. The highest BCUT2D eigenvalue weighted by Gasteiger charge is 2.52. The van der Waals surface area contributed by atoms with Gasteiger partial charge in [-0.15, -0.1) is 21.9 Å². The molecule has 548 valence electrons. The molecule has 0 aliphatic heterocycles. The number of Topliss-reactive ketones (excluding diaryl/α,β-unsaturated/α-hetero) is 1. The van der Waals surface area contributed by atoms with Gasteiger partial charge in [0.15, 0.2) is 75.5 Å². The molecule has 1 aromatic heterocycles. The van der Waals surface area contributed by atoms with E-state index in [1.54, 1.807) is 0 Å². The van der Waals surface area contributed by atoms with Crippen molar-refractivity contribution in [2.45, 2.75) is 239 Å². The molecule has 2 nitrogen and oxygen atoms in total. The zero-order valence-electron chi connectivity index (χ0n) is 56.5. The number of nitrogens with zero attached hydrogens (tertiary/aromatic N) is 1. The molecule has 6 aromatic carbocycles. The average molecular weight is 1430 g/mol. The number of unbranched alkanes of at least 4 members (excludes halogenated alkanes) is 30. The van der Waals surface area contributed by atoms with Crippen LogP contribution < -0.4 is 26.4 Å². The van der Waals surface area contributed by atoms with Crippen LogP contribution in [-0.2, 0) is 19.4 Å². The van der Waals surface area contributed by atoms with E-state index in [0.717, 1.165) is 18.4 Å². The lowest BCUT2D eigenvalue weighted by Gasteiger charge is -2.44. The predicted molar refractivity (Wildman–Crippen MR) is 351 cm³/mol. The number of fused-ring (bicyclic) bond motifs is 1. The van der Waals surface area contributed by atoms with Crippen molar-refractivity contribution in [3.63, 3.8) is 0 Å². The molecule has 0 saturated heterocycles. The van der Waals surface area contributed by atoms with Crippen LogP contribution in [-0.4, -0.2) is 11.9 Å². The predicted octanol–water partition coefficient (Wildman–Crippen LogP) is 22.5. The van der Waals surface area contributed by atoms with Gasteiger partial charge < -0.3 is 0 Å². The number of halogens is 20. The van der Waals surface area contributed by atoms with E-state index in [-0.39, 0.29) is 5.78 Å². The number of ketones is 1. The molecular formula is C77H86BF20NO. The van der Waals surface area contributed by atoms with Crippen LogP contribution in [0.5, 0.6) is 0 Å². The van der Waals surface area contributed by atoms with Crippen molar-refractivity contribution < 1.29 is 97.2 Å². The van der Waals surface area contributed by atoms with Gasteiger partial charge in [-0.2, -0.15) is 4.57 Å². The Morgan fingerprint density at radius 1 is 0.290 bits per heavy atom. The van der Waals surface area contributed by atoms with Gasteiger partial charge in [-0.1, -0.05) is 249 Å². The number of aromatic nitrogens is 1. The van der Waals surface area contributed by atoms with E-state index in [2.05, 4.69) is 48.7 Å². The van der Waals surface area contributed by atoms with Crippen LogP contribution in [0.1, 0.15) is 241 Å². The number of hydrogen-bond acceptors (Lipinski definition) is 1. The first kappa shape index (κ1) is 82.0. The topological polar surface area (TPSA) is 20.9 Å². The van der Waals surface area contributed by atoms with E-state index in [4.69, 9.17) is 0 Å². The summed E-state index contributed by atoms with van der Waals surface area (Å²) in [5.74, 6) is -71.2. The summed E-state index contributed by atoms with van der Waals surface area (Å²) in [7, 11) is 0. The van der Waals surface area contributed by atoms with Crippen LogP contribution in [0.15, 0.2) is 60.7 Å². The summed E-state index contributed by atoms with van der Waals surface area (Å²) in [6, 6.07) is 21.1. The minimum Gasteiger partial charge on any atom is -0.287 e. The van der Waals surface area contributed by atoms with E-state index in [1.165, 1.54) is 228 Å². The normalized spacial score (nSPS) is 11.7. The number of hydrogen-bond donors (Lipinski definition) is 0.